The molecule has 1 aromatic rings. The van der Waals surface area contributed by atoms with Crippen LogP contribution in [0.2, 0.25) is 0 Å². The van der Waals surface area contributed by atoms with Crippen LogP contribution in [0.1, 0.15) is 5.56 Å². The number of benzene rings is 1. The van der Waals surface area contributed by atoms with Crippen molar-refractivity contribution < 1.29 is 22.3 Å². The summed E-state index contributed by atoms with van der Waals surface area (Å²) < 4.78 is 52.3. The maximum Gasteiger partial charge on any atom is 0.573 e. The van der Waals surface area contributed by atoms with E-state index in [2.05, 4.69) is 29.2 Å². The summed E-state index contributed by atoms with van der Waals surface area (Å²) in [4.78, 5) is 0. The van der Waals surface area contributed by atoms with E-state index >= 15 is 0 Å². The van der Waals surface area contributed by atoms with E-state index in [1.165, 1.54) is 0 Å². The minimum atomic E-state index is -4.80. The van der Waals surface area contributed by atoms with Gasteiger partial charge in [0.15, 0.2) is 0 Å². The Morgan fingerprint density at radius 3 is 2.56 bits per heavy atom. The molecule has 0 amide bonds. The zero-order valence-corrected chi connectivity index (χ0v) is 8.70. The number of alkyl halides is 3. The quantitative estimate of drug-likeness (QED) is 0.458. The van der Waals surface area contributed by atoms with E-state index in [9.17, 15) is 17.6 Å². The van der Waals surface area contributed by atoms with Crippen LogP contribution in [-0.2, 0) is 0 Å². The van der Waals surface area contributed by atoms with Crippen LogP contribution in [0.5, 0.6) is 5.75 Å². The molecule has 0 bridgehead atoms. The van der Waals surface area contributed by atoms with Crippen LogP contribution in [0.25, 0.3) is 0 Å². The van der Waals surface area contributed by atoms with Crippen molar-refractivity contribution in [2.45, 2.75) is 6.36 Å². The normalized spacial score (nSPS) is 10.6. The Bertz CT molecular complexity index is 431. The molecule has 6 heteroatoms. The van der Waals surface area contributed by atoms with Gasteiger partial charge in [-0.05, 0) is 18.2 Å². The van der Waals surface area contributed by atoms with E-state index in [0.717, 1.165) is 18.2 Å². The van der Waals surface area contributed by atoms with Gasteiger partial charge in [-0.3, -0.25) is 0 Å². The summed E-state index contributed by atoms with van der Waals surface area (Å²) in [6.45, 7) is 0. The second-order valence-corrected chi connectivity index (χ2v) is 2.97. The zero-order chi connectivity index (χ0) is 12.2. The van der Waals surface area contributed by atoms with Gasteiger partial charge in [-0.15, -0.1) is 13.2 Å². The van der Waals surface area contributed by atoms with Crippen LogP contribution in [0.3, 0.4) is 0 Å². The molecular weight excluding hydrogens is 244 g/mol. The molecule has 16 heavy (non-hydrogen) atoms. The van der Waals surface area contributed by atoms with Gasteiger partial charge in [-0.1, -0.05) is 11.8 Å². The maximum absolute atomic E-state index is 13.1. The van der Waals surface area contributed by atoms with Crippen LogP contribution in [-0.4, -0.2) is 12.1 Å². The van der Waals surface area contributed by atoms with Crippen molar-refractivity contribution in [2.75, 3.05) is 5.75 Å². The Hall–Kier alpha value is -1.35. The highest BCUT2D eigenvalue weighted by molar-refractivity contribution is 7.80. The SMILES string of the molecule is Fc1ccc(OC(F)(F)F)cc1C#CCS. The third-order valence-corrected chi connectivity index (χ3v) is 1.63. The lowest BCUT2D eigenvalue weighted by molar-refractivity contribution is -0.274. The summed E-state index contributed by atoms with van der Waals surface area (Å²) in [6.07, 6.45) is -4.80. The van der Waals surface area contributed by atoms with Gasteiger partial charge in [0.25, 0.3) is 0 Å². The van der Waals surface area contributed by atoms with E-state index in [0.29, 0.717) is 0 Å². The summed E-state index contributed by atoms with van der Waals surface area (Å²) >= 11 is 3.77. The number of hydrogen-bond acceptors (Lipinski definition) is 2. The van der Waals surface area contributed by atoms with Gasteiger partial charge in [-0.2, -0.15) is 12.6 Å². The average Bonchev–Trinajstić information content (AvgIpc) is 2.17. The average molecular weight is 250 g/mol. The van der Waals surface area contributed by atoms with E-state index in [4.69, 9.17) is 0 Å². The van der Waals surface area contributed by atoms with E-state index in [1.807, 2.05) is 0 Å². The van der Waals surface area contributed by atoms with Gasteiger partial charge < -0.3 is 4.74 Å². The third kappa shape index (κ3) is 4.03. The fourth-order valence-electron chi connectivity index (χ4n) is 0.932. The summed E-state index contributed by atoms with van der Waals surface area (Å²) in [5, 5.41) is 0. The van der Waals surface area contributed by atoms with Crippen LogP contribution in [0, 0.1) is 17.7 Å². The van der Waals surface area contributed by atoms with Crippen molar-refractivity contribution in [1.82, 2.24) is 0 Å². The first-order chi connectivity index (χ1) is 7.42. The molecule has 0 aliphatic carbocycles. The molecule has 0 saturated carbocycles. The van der Waals surface area contributed by atoms with Crippen molar-refractivity contribution in [3.63, 3.8) is 0 Å². The molecule has 0 aromatic heterocycles. The Morgan fingerprint density at radius 1 is 1.31 bits per heavy atom. The molecule has 0 heterocycles. The molecule has 1 aromatic carbocycles. The highest BCUT2D eigenvalue weighted by Crippen LogP contribution is 2.24. The van der Waals surface area contributed by atoms with Crippen molar-refractivity contribution in [3.8, 4) is 17.6 Å². The highest BCUT2D eigenvalue weighted by atomic mass is 32.1. The molecular formula is C10H6F4OS. The highest BCUT2D eigenvalue weighted by Gasteiger charge is 2.31. The number of thiol groups is 1. The molecule has 0 atom stereocenters. The molecule has 1 nitrogen and oxygen atoms in total. The van der Waals surface area contributed by atoms with Crippen molar-refractivity contribution in [3.05, 3.63) is 29.6 Å². The van der Waals surface area contributed by atoms with Gasteiger partial charge in [0.1, 0.15) is 11.6 Å². The Morgan fingerprint density at radius 2 is 2.00 bits per heavy atom. The largest absolute Gasteiger partial charge is 0.573 e. The van der Waals surface area contributed by atoms with Gasteiger partial charge >= 0.3 is 6.36 Å². The molecule has 0 fully saturated rings. The zero-order valence-electron chi connectivity index (χ0n) is 7.81. The summed E-state index contributed by atoms with van der Waals surface area (Å²) in [6, 6.07) is 2.64. The molecule has 0 unspecified atom stereocenters. The fraction of sp³-hybridized carbons (Fsp3) is 0.200. The van der Waals surface area contributed by atoms with Crippen LogP contribution >= 0.6 is 12.6 Å². The summed E-state index contributed by atoms with van der Waals surface area (Å²) in [5.41, 5.74) is -0.157. The number of ether oxygens (including phenoxy) is 1. The van der Waals surface area contributed by atoms with Crippen LogP contribution < -0.4 is 4.74 Å². The standard InChI is InChI=1S/C10H6F4OS/c11-9-4-3-8(15-10(12,13)14)6-7(9)2-1-5-16/h3-4,6,16H,5H2. The van der Waals surface area contributed by atoms with Gasteiger partial charge in [0, 0.05) is 0 Å². The molecule has 0 radical (unpaired) electrons. The van der Waals surface area contributed by atoms with E-state index in [1.54, 1.807) is 0 Å². The molecule has 0 saturated heterocycles. The van der Waals surface area contributed by atoms with Crippen molar-refractivity contribution >= 4 is 12.6 Å². The number of halogens is 4. The topological polar surface area (TPSA) is 9.23 Å². The van der Waals surface area contributed by atoms with E-state index < -0.39 is 17.9 Å². The maximum atomic E-state index is 13.1. The predicted octanol–water partition coefficient (Wildman–Crippen LogP) is 3.01. The first-order valence-electron chi connectivity index (χ1n) is 4.07. The van der Waals surface area contributed by atoms with Crippen LogP contribution in [0.4, 0.5) is 17.6 Å². The lowest BCUT2D eigenvalue weighted by atomic mass is 10.2. The monoisotopic (exact) mass is 250 g/mol. The summed E-state index contributed by atoms with van der Waals surface area (Å²) in [7, 11) is 0. The number of hydrogen-bond donors (Lipinski definition) is 1. The first-order valence-corrected chi connectivity index (χ1v) is 4.70. The predicted molar refractivity (Wildman–Crippen MR) is 53.8 cm³/mol. The second kappa shape index (κ2) is 5.12. The molecule has 0 N–H and O–H groups in total. The lowest BCUT2D eigenvalue weighted by Gasteiger charge is -2.08. The van der Waals surface area contributed by atoms with Gasteiger partial charge in [0.2, 0.25) is 0 Å². The van der Waals surface area contributed by atoms with Crippen molar-refractivity contribution in [1.29, 1.82) is 0 Å². The molecule has 0 aliphatic rings. The molecule has 0 aliphatic heterocycles. The Balaban J connectivity index is 2.98. The minimum Gasteiger partial charge on any atom is -0.406 e. The van der Waals surface area contributed by atoms with Crippen molar-refractivity contribution in [2.24, 2.45) is 0 Å². The lowest BCUT2D eigenvalue weighted by Crippen LogP contribution is -2.17. The molecule has 86 valence electrons. The van der Waals surface area contributed by atoms with Crippen LogP contribution in [0.15, 0.2) is 18.2 Å². The van der Waals surface area contributed by atoms with Gasteiger partial charge in [0.05, 0.1) is 11.3 Å². The minimum absolute atomic E-state index is 0.157. The summed E-state index contributed by atoms with van der Waals surface area (Å²) in [5.74, 6) is 3.75. The Kier molecular flexibility index (Phi) is 4.07. The van der Waals surface area contributed by atoms with Gasteiger partial charge in [-0.25, -0.2) is 4.39 Å². The number of rotatable bonds is 1. The smallest absolute Gasteiger partial charge is 0.406 e. The van der Waals surface area contributed by atoms with E-state index in [-0.39, 0.29) is 11.3 Å². The molecule has 1 rings (SSSR count). The first kappa shape index (κ1) is 12.7. The second-order valence-electron chi connectivity index (χ2n) is 2.65. The fourth-order valence-corrected chi connectivity index (χ4v) is 1.01. The third-order valence-electron chi connectivity index (χ3n) is 1.47. The molecule has 0 spiro atoms. The Labute approximate surface area is 94.8 Å².